The Morgan fingerprint density at radius 3 is 2.41 bits per heavy atom. The zero-order chi connectivity index (χ0) is 12.7. The maximum Gasteiger partial charge on any atom is 0.0249 e. The topological polar surface area (TPSA) is 18.5 Å². The highest BCUT2D eigenvalue weighted by Crippen LogP contribution is 2.23. The van der Waals surface area contributed by atoms with Gasteiger partial charge in [-0.15, -0.1) is 0 Å². The van der Waals surface area contributed by atoms with Crippen LogP contribution in [-0.2, 0) is 0 Å². The molecule has 2 unspecified atom stereocenters. The Bertz CT molecular complexity index is 194. The normalized spacial score (nSPS) is 25.8. The predicted octanol–water partition coefficient (Wildman–Crippen LogP) is 1.79. The maximum absolute atomic E-state index is 3.52. The van der Waals surface area contributed by atoms with Crippen LogP contribution in [0.5, 0.6) is 0 Å². The zero-order valence-electron chi connectivity index (χ0n) is 12.2. The van der Waals surface area contributed by atoms with Gasteiger partial charge in [-0.1, -0.05) is 19.8 Å². The molecule has 0 bridgehead atoms. The zero-order valence-corrected chi connectivity index (χ0v) is 12.2. The minimum atomic E-state index is 0.711. The fourth-order valence-electron chi connectivity index (χ4n) is 3.03. The van der Waals surface area contributed by atoms with E-state index < -0.39 is 0 Å². The highest BCUT2D eigenvalue weighted by molar-refractivity contribution is 4.87. The maximum atomic E-state index is 3.52. The monoisotopic (exact) mass is 241 g/mol. The number of nitrogens with one attached hydrogen (secondary N) is 1. The third kappa shape index (κ3) is 4.94. The Hall–Kier alpha value is -0.120. The summed E-state index contributed by atoms with van der Waals surface area (Å²) in [7, 11) is 6.44. The first-order valence-corrected chi connectivity index (χ1v) is 7.25. The van der Waals surface area contributed by atoms with Crippen molar-refractivity contribution < 1.29 is 0 Å². The minimum Gasteiger partial charge on any atom is -0.315 e. The van der Waals surface area contributed by atoms with Crippen molar-refractivity contribution in [1.82, 2.24) is 15.1 Å². The van der Waals surface area contributed by atoms with Gasteiger partial charge in [0.25, 0.3) is 0 Å². The van der Waals surface area contributed by atoms with E-state index in [1.807, 2.05) is 0 Å². The van der Waals surface area contributed by atoms with E-state index in [0.29, 0.717) is 6.04 Å². The lowest BCUT2D eigenvalue weighted by Gasteiger charge is -2.39. The van der Waals surface area contributed by atoms with Gasteiger partial charge in [0.05, 0.1) is 0 Å². The number of nitrogens with zero attached hydrogens (tertiary/aromatic N) is 2. The van der Waals surface area contributed by atoms with Crippen molar-refractivity contribution in [2.75, 3.05) is 40.8 Å². The van der Waals surface area contributed by atoms with Gasteiger partial charge >= 0.3 is 0 Å². The second-order valence-electron chi connectivity index (χ2n) is 5.53. The van der Waals surface area contributed by atoms with Crippen molar-refractivity contribution >= 4 is 0 Å². The molecule has 1 aliphatic carbocycles. The van der Waals surface area contributed by atoms with Crippen molar-refractivity contribution in [1.29, 1.82) is 0 Å². The lowest BCUT2D eigenvalue weighted by Crippen LogP contribution is -2.51. The first kappa shape index (κ1) is 14.9. The first-order valence-electron chi connectivity index (χ1n) is 7.25. The van der Waals surface area contributed by atoms with Crippen molar-refractivity contribution in [2.24, 2.45) is 0 Å². The van der Waals surface area contributed by atoms with Crippen LogP contribution in [0.2, 0.25) is 0 Å². The quantitative estimate of drug-likeness (QED) is 0.733. The molecule has 0 radical (unpaired) electrons. The molecular formula is C14H31N3. The summed E-state index contributed by atoms with van der Waals surface area (Å²) in [5, 5.41) is 3.52. The van der Waals surface area contributed by atoms with Crippen LogP contribution in [-0.4, -0.2) is 62.7 Å². The van der Waals surface area contributed by atoms with Crippen LogP contribution in [0.25, 0.3) is 0 Å². The number of likely N-dealkylation sites (N-methyl/N-ethyl adjacent to an activating group) is 2. The summed E-state index contributed by atoms with van der Waals surface area (Å²) in [4.78, 5) is 4.97. The van der Waals surface area contributed by atoms with E-state index in [2.05, 4.69) is 43.2 Å². The summed E-state index contributed by atoms with van der Waals surface area (Å²) in [5.74, 6) is 0. The van der Waals surface area contributed by atoms with Crippen LogP contribution in [0.1, 0.15) is 39.0 Å². The van der Waals surface area contributed by atoms with Gasteiger partial charge in [0.2, 0.25) is 0 Å². The molecule has 0 aromatic rings. The largest absolute Gasteiger partial charge is 0.315 e. The molecule has 1 rings (SSSR count). The Morgan fingerprint density at radius 1 is 1.12 bits per heavy atom. The van der Waals surface area contributed by atoms with Crippen LogP contribution in [0.4, 0.5) is 0 Å². The van der Waals surface area contributed by atoms with Crippen molar-refractivity contribution in [2.45, 2.75) is 51.1 Å². The third-order valence-corrected chi connectivity index (χ3v) is 4.03. The molecule has 1 fully saturated rings. The summed E-state index contributed by atoms with van der Waals surface area (Å²) >= 11 is 0. The Kier molecular flexibility index (Phi) is 7.09. The molecule has 3 nitrogen and oxygen atoms in total. The lowest BCUT2D eigenvalue weighted by atomic mass is 9.89. The van der Waals surface area contributed by atoms with Gasteiger partial charge in [-0.2, -0.15) is 0 Å². The van der Waals surface area contributed by atoms with E-state index in [0.717, 1.165) is 6.04 Å². The average molecular weight is 241 g/mol. The molecule has 0 heterocycles. The fraction of sp³-hybridized carbons (Fsp3) is 1.00. The average Bonchev–Trinajstić information content (AvgIpc) is 2.34. The molecule has 0 spiro atoms. The van der Waals surface area contributed by atoms with Crippen molar-refractivity contribution in [3.63, 3.8) is 0 Å². The molecule has 1 aliphatic rings. The summed E-state index contributed by atoms with van der Waals surface area (Å²) in [5.41, 5.74) is 0. The molecule has 0 amide bonds. The van der Waals surface area contributed by atoms with Gasteiger partial charge in [0, 0.05) is 12.1 Å². The molecule has 0 saturated heterocycles. The van der Waals surface area contributed by atoms with E-state index in [9.17, 15) is 0 Å². The van der Waals surface area contributed by atoms with Gasteiger partial charge in [-0.3, -0.25) is 4.90 Å². The smallest absolute Gasteiger partial charge is 0.0249 e. The van der Waals surface area contributed by atoms with E-state index in [4.69, 9.17) is 0 Å². The van der Waals surface area contributed by atoms with Crippen molar-refractivity contribution in [3.8, 4) is 0 Å². The Balaban J connectivity index is 2.40. The Morgan fingerprint density at radius 2 is 1.82 bits per heavy atom. The Labute approximate surface area is 108 Å². The van der Waals surface area contributed by atoms with Gasteiger partial charge in [0.1, 0.15) is 0 Å². The summed E-state index contributed by atoms with van der Waals surface area (Å²) in [6.07, 6.45) is 6.82. The lowest BCUT2D eigenvalue weighted by molar-refractivity contribution is 0.126. The van der Waals surface area contributed by atoms with Gasteiger partial charge in [-0.05, 0) is 60.0 Å². The van der Waals surface area contributed by atoms with Gasteiger partial charge in [-0.25, -0.2) is 0 Å². The van der Waals surface area contributed by atoms with Crippen LogP contribution in [0.3, 0.4) is 0 Å². The highest BCUT2D eigenvalue weighted by Gasteiger charge is 2.27. The molecular weight excluding hydrogens is 210 g/mol. The van der Waals surface area contributed by atoms with Gasteiger partial charge < -0.3 is 10.2 Å². The highest BCUT2D eigenvalue weighted by atomic mass is 15.2. The number of rotatable bonds is 7. The standard InChI is InChI=1S/C14H31N3/c1-5-17(12-8-11-16(3)4)14-10-7-6-9-13(14)15-2/h13-15H,5-12H2,1-4H3. The molecule has 0 aromatic carbocycles. The predicted molar refractivity (Wildman–Crippen MR) is 75.5 cm³/mol. The SMILES string of the molecule is CCN(CCCN(C)C)C1CCCCC1NC. The molecule has 102 valence electrons. The summed E-state index contributed by atoms with van der Waals surface area (Å²) in [6.45, 7) is 5.94. The molecule has 3 heteroatoms. The van der Waals surface area contributed by atoms with E-state index >= 15 is 0 Å². The first-order chi connectivity index (χ1) is 8.19. The molecule has 0 aromatic heterocycles. The van der Waals surface area contributed by atoms with Crippen LogP contribution >= 0.6 is 0 Å². The minimum absolute atomic E-state index is 0.711. The fourth-order valence-corrected chi connectivity index (χ4v) is 3.03. The number of hydrogen-bond acceptors (Lipinski definition) is 3. The van der Waals surface area contributed by atoms with E-state index in [1.165, 1.54) is 51.7 Å². The second-order valence-corrected chi connectivity index (χ2v) is 5.53. The summed E-state index contributed by atoms with van der Waals surface area (Å²) in [6, 6.07) is 1.48. The van der Waals surface area contributed by atoms with Crippen LogP contribution in [0.15, 0.2) is 0 Å². The summed E-state index contributed by atoms with van der Waals surface area (Å²) < 4.78 is 0. The van der Waals surface area contributed by atoms with E-state index in [-0.39, 0.29) is 0 Å². The molecule has 17 heavy (non-hydrogen) atoms. The van der Waals surface area contributed by atoms with Gasteiger partial charge in [0.15, 0.2) is 0 Å². The molecule has 2 atom stereocenters. The molecule has 1 N–H and O–H groups in total. The second kappa shape index (κ2) is 8.06. The van der Waals surface area contributed by atoms with Crippen molar-refractivity contribution in [3.05, 3.63) is 0 Å². The van der Waals surface area contributed by atoms with E-state index in [1.54, 1.807) is 0 Å². The van der Waals surface area contributed by atoms with Crippen LogP contribution < -0.4 is 5.32 Å². The van der Waals surface area contributed by atoms with Crippen LogP contribution in [0, 0.1) is 0 Å². The number of hydrogen-bond donors (Lipinski definition) is 1. The molecule has 1 saturated carbocycles. The third-order valence-electron chi connectivity index (χ3n) is 4.03. The molecule has 0 aliphatic heterocycles.